The molecule has 4 rings (SSSR count). The number of benzene rings is 1. The van der Waals surface area contributed by atoms with Crippen molar-refractivity contribution in [2.45, 2.75) is 54.9 Å². The van der Waals surface area contributed by atoms with Crippen LogP contribution in [0.4, 0.5) is 0 Å². The Kier molecular flexibility index (Phi) is 4.39. The van der Waals surface area contributed by atoms with Crippen molar-refractivity contribution in [2.75, 3.05) is 0 Å². The van der Waals surface area contributed by atoms with Crippen molar-refractivity contribution in [2.24, 2.45) is 5.41 Å². The summed E-state index contributed by atoms with van der Waals surface area (Å²) in [4.78, 5) is 1.51. The first-order valence-corrected chi connectivity index (χ1v) is 11.0. The summed E-state index contributed by atoms with van der Waals surface area (Å²) in [7, 11) is 0. The van der Waals surface area contributed by atoms with Crippen LogP contribution in [0.15, 0.2) is 18.2 Å². The fourth-order valence-corrected chi connectivity index (χ4v) is 7.04. The minimum atomic E-state index is 0.298. The molecule has 1 aromatic carbocycles. The maximum absolute atomic E-state index is 4.61. The van der Waals surface area contributed by atoms with Crippen molar-refractivity contribution < 1.29 is 0 Å². The van der Waals surface area contributed by atoms with Gasteiger partial charge in [-0.3, -0.25) is 0 Å². The van der Waals surface area contributed by atoms with E-state index in [0.29, 0.717) is 5.41 Å². The van der Waals surface area contributed by atoms with Crippen molar-refractivity contribution in [1.82, 2.24) is 10.2 Å². The van der Waals surface area contributed by atoms with Gasteiger partial charge in [0, 0.05) is 21.2 Å². The van der Waals surface area contributed by atoms with Crippen molar-refractivity contribution >= 4 is 42.2 Å². The number of hydrogen-bond acceptors (Lipinski definition) is 4. The summed E-state index contributed by atoms with van der Waals surface area (Å²) in [6.45, 7) is 15.6. The Bertz CT molecular complexity index is 1150. The maximum Gasteiger partial charge on any atom is 0.111 e. The molecule has 0 amide bonds. The van der Waals surface area contributed by atoms with E-state index in [2.05, 4.69) is 76.9 Å². The second-order valence-electron chi connectivity index (χ2n) is 8.87. The molecular formula is C23H26N2S2. The van der Waals surface area contributed by atoms with Crippen LogP contribution in [-0.4, -0.2) is 10.2 Å². The van der Waals surface area contributed by atoms with Gasteiger partial charge in [0.2, 0.25) is 0 Å². The Morgan fingerprint density at radius 2 is 1.52 bits per heavy atom. The Morgan fingerprint density at radius 3 is 2.15 bits per heavy atom. The van der Waals surface area contributed by atoms with Crippen molar-refractivity contribution in [1.29, 1.82) is 0 Å². The van der Waals surface area contributed by atoms with Crippen LogP contribution in [0.3, 0.4) is 0 Å². The minimum absolute atomic E-state index is 0.298. The summed E-state index contributed by atoms with van der Waals surface area (Å²) in [5, 5.41) is 11.9. The van der Waals surface area contributed by atoms with Gasteiger partial charge in [0.25, 0.3) is 0 Å². The highest BCUT2D eigenvalue weighted by atomic mass is 32.2. The number of hydrogen-bond donors (Lipinski definition) is 0. The van der Waals surface area contributed by atoms with Crippen molar-refractivity contribution in [3.05, 3.63) is 45.5 Å². The SMILES string of the molecule is Cc1cc(C)cc(-c2nnc(C)c3c2sc2sc(CC(C)(C)C)c(C)c23)c1. The van der Waals surface area contributed by atoms with Gasteiger partial charge in [-0.1, -0.05) is 38.0 Å². The Morgan fingerprint density at radius 1 is 0.852 bits per heavy atom. The molecule has 0 aliphatic carbocycles. The summed E-state index contributed by atoms with van der Waals surface area (Å²) in [6.07, 6.45) is 1.12. The number of aromatic nitrogens is 2. The summed E-state index contributed by atoms with van der Waals surface area (Å²) in [6, 6.07) is 6.65. The number of rotatable bonds is 2. The molecule has 0 unspecified atom stereocenters. The van der Waals surface area contributed by atoms with Gasteiger partial charge in [0.05, 0.1) is 14.4 Å². The predicted molar refractivity (Wildman–Crippen MR) is 120 cm³/mol. The molecule has 4 aromatic rings. The van der Waals surface area contributed by atoms with Crippen LogP contribution >= 0.6 is 22.7 Å². The van der Waals surface area contributed by atoms with E-state index in [1.165, 1.54) is 46.6 Å². The van der Waals surface area contributed by atoms with Gasteiger partial charge < -0.3 is 0 Å². The molecule has 0 aliphatic heterocycles. The fraction of sp³-hybridized carbons (Fsp3) is 0.391. The molecule has 0 N–H and O–H groups in total. The molecule has 4 heteroatoms. The van der Waals surface area contributed by atoms with E-state index < -0.39 is 0 Å². The molecule has 0 fully saturated rings. The number of nitrogens with zero attached hydrogens (tertiary/aromatic N) is 2. The van der Waals surface area contributed by atoms with E-state index >= 15 is 0 Å². The Labute approximate surface area is 169 Å². The third-order valence-electron chi connectivity index (χ3n) is 4.95. The van der Waals surface area contributed by atoms with E-state index in [4.69, 9.17) is 0 Å². The standard InChI is InChI=1S/C23H26N2S2/c1-12-8-13(2)10-16(9-12)20-21-19(15(4)24-25-20)18-14(3)17(11-23(5,6)7)26-22(18)27-21/h8-10H,11H2,1-7H3. The molecule has 3 aromatic heterocycles. The summed E-state index contributed by atoms with van der Waals surface area (Å²) >= 11 is 3.84. The molecule has 0 spiro atoms. The lowest BCUT2D eigenvalue weighted by Crippen LogP contribution is -2.08. The molecule has 0 atom stereocenters. The van der Waals surface area contributed by atoms with Crippen LogP contribution in [0.5, 0.6) is 0 Å². The van der Waals surface area contributed by atoms with Crippen LogP contribution in [-0.2, 0) is 6.42 Å². The third-order valence-corrected chi connectivity index (χ3v) is 7.53. The van der Waals surface area contributed by atoms with E-state index in [1.54, 1.807) is 0 Å². The fourth-order valence-electron chi connectivity index (χ4n) is 3.83. The van der Waals surface area contributed by atoms with Crippen LogP contribution in [0.2, 0.25) is 0 Å². The van der Waals surface area contributed by atoms with Gasteiger partial charge in [0.1, 0.15) is 5.69 Å². The number of fused-ring (bicyclic) bond motifs is 3. The molecule has 0 bridgehead atoms. The van der Waals surface area contributed by atoms with Crippen LogP contribution in [0.1, 0.15) is 48.0 Å². The minimum Gasteiger partial charge on any atom is -0.155 e. The molecule has 140 valence electrons. The van der Waals surface area contributed by atoms with Gasteiger partial charge >= 0.3 is 0 Å². The van der Waals surface area contributed by atoms with E-state index in [-0.39, 0.29) is 0 Å². The molecule has 27 heavy (non-hydrogen) atoms. The highest BCUT2D eigenvalue weighted by molar-refractivity contribution is 7.42. The average Bonchev–Trinajstić information content (AvgIpc) is 3.03. The van der Waals surface area contributed by atoms with Gasteiger partial charge in [-0.15, -0.1) is 27.8 Å². The highest BCUT2D eigenvalue weighted by Gasteiger charge is 2.22. The summed E-state index contributed by atoms with van der Waals surface area (Å²) < 4.78 is 2.68. The van der Waals surface area contributed by atoms with Crippen molar-refractivity contribution in [3.63, 3.8) is 0 Å². The third kappa shape index (κ3) is 3.30. The molecule has 0 radical (unpaired) electrons. The predicted octanol–water partition coefficient (Wildman–Crippen LogP) is 7.40. The van der Waals surface area contributed by atoms with Gasteiger partial charge in [-0.2, -0.15) is 5.10 Å². The zero-order valence-corrected chi connectivity index (χ0v) is 18.8. The lowest BCUT2D eigenvalue weighted by molar-refractivity contribution is 0.414. The first-order valence-electron chi connectivity index (χ1n) is 9.40. The summed E-state index contributed by atoms with van der Waals surface area (Å²) in [5.41, 5.74) is 7.49. The lowest BCUT2D eigenvalue weighted by atomic mass is 9.90. The molecule has 0 saturated heterocycles. The van der Waals surface area contributed by atoms with E-state index in [0.717, 1.165) is 17.8 Å². The van der Waals surface area contributed by atoms with Crippen LogP contribution in [0, 0.1) is 33.1 Å². The first-order chi connectivity index (χ1) is 12.6. The lowest BCUT2D eigenvalue weighted by Gasteiger charge is -2.17. The van der Waals surface area contributed by atoms with Crippen LogP contribution < -0.4 is 0 Å². The first kappa shape index (κ1) is 18.6. The average molecular weight is 395 g/mol. The zero-order valence-electron chi connectivity index (χ0n) is 17.2. The Balaban J connectivity index is 2.00. The topological polar surface area (TPSA) is 25.8 Å². The number of aryl methyl sites for hydroxylation is 4. The normalized spacial score (nSPS) is 12.4. The van der Waals surface area contributed by atoms with Gasteiger partial charge in [-0.05, 0) is 57.2 Å². The second-order valence-corrected chi connectivity index (χ2v) is 11.3. The molecule has 2 nitrogen and oxygen atoms in total. The van der Waals surface area contributed by atoms with Crippen molar-refractivity contribution in [3.8, 4) is 11.3 Å². The van der Waals surface area contributed by atoms with E-state index in [9.17, 15) is 0 Å². The largest absolute Gasteiger partial charge is 0.155 e. The van der Waals surface area contributed by atoms with Gasteiger partial charge in [0.15, 0.2) is 0 Å². The number of thiophene rings is 2. The summed E-state index contributed by atoms with van der Waals surface area (Å²) in [5.74, 6) is 0. The van der Waals surface area contributed by atoms with Crippen LogP contribution in [0.25, 0.3) is 30.7 Å². The van der Waals surface area contributed by atoms with E-state index in [1.807, 2.05) is 22.7 Å². The van der Waals surface area contributed by atoms with Gasteiger partial charge in [-0.25, -0.2) is 0 Å². The molecule has 0 aliphatic rings. The highest BCUT2D eigenvalue weighted by Crippen LogP contribution is 2.47. The quantitative estimate of drug-likeness (QED) is 0.354. The maximum atomic E-state index is 4.61. The molecular weight excluding hydrogens is 368 g/mol. The Hall–Kier alpha value is -1.78. The molecule has 3 heterocycles. The smallest absolute Gasteiger partial charge is 0.111 e. The molecule has 0 saturated carbocycles. The second kappa shape index (κ2) is 6.39. The monoisotopic (exact) mass is 394 g/mol. The zero-order chi connectivity index (χ0) is 19.5.